The van der Waals surface area contributed by atoms with E-state index in [4.69, 9.17) is 0 Å². The average Bonchev–Trinajstić information content (AvgIpc) is 2.08. The first-order valence-corrected chi connectivity index (χ1v) is 5.03. The molecule has 0 fully saturated rings. The van der Waals surface area contributed by atoms with Crippen LogP contribution in [0.25, 0.3) is 0 Å². The van der Waals surface area contributed by atoms with Crippen molar-refractivity contribution in [3.8, 4) is 0 Å². The number of aromatic nitrogens is 1. The number of aliphatic hydroxyl groups is 1. The smallest absolute Gasteiger partial charge is 0.104 e. The van der Waals surface area contributed by atoms with Crippen molar-refractivity contribution < 1.29 is 5.11 Å². The molecule has 0 spiro atoms. The minimum atomic E-state index is -0.367. The van der Waals surface area contributed by atoms with E-state index in [-0.39, 0.29) is 6.10 Å². The van der Waals surface area contributed by atoms with Crippen LogP contribution in [0, 0.1) is 10.6 Å². The van der Waals surface area contributed by atoms with Crippen molar-refractivity contribution in [3.63, 3.8) is 0 Å². The molecule has 1 aromatic rings. The lowest BCUT2D eigenvalue weighted by molar-refractivity contribution is 0.173. The highest BCUT2D eigenvalue weighted by molar-refractivity contribution is 14.1. The third-order valence-corrected chi connectivity index (χ3v) is 2.94. The molecule has 1 aromatic heterocycles. The van der Waals surface area contributed by atoms with Gasteiger partial charge in [0.15, 0.2) is 0 Å². The van der Waals surface area contributed by atoms with Crippen molar-refractivity contribution in [2.75, 3.05) is 0 Å². The second-order valence-electron chi connectivity index (χ2n) is 2.80. The Kier molecular flexibility index (Phi) is 3.46. The third kappa shape index (κ3) is 2.17. The minimum Gasteiger partial charge on any atom is -0.388 e. The van der Waals surface area contributed by atoms with Gasteiger partial charge in [-0.15, -0.1) is 0 Å². The summed E-state index contributed by atoms with van der Waals surface area (Å²) >= 11 is 2.18. The first-order chi connectivity index (χ1) is 5.65. The van der Waals surface area contributed by atoms with E-state index >= 15 is 0 Å². The van der Waals surface area contributed by atoms with E-state index in [1.54, 1.807) is 6.20 Å². The van der Waals surface area contributed by atoms with E-state index < -0.39 is 0 Å². The molecule has 0 aliphatic rings. The summed E-state index contributed by atoms with van der Waals surface area (Å²) in [6, 6.07) is 1.99. The van der Waals surface area contributed by atoms with Gasteiger partial charge in [0.2, 0.25) is 0 Å². The molecular weight excluding hydrogens is 265 g/mol. The molecule has 0 saturated heterocycles. The normalized spacial score (nSPS) is 13.0. The molecule has 1 heterocycles. The van der Waals surface area contributed by atoms with Crippen LogP contribution in [0.2, 0.25) is 0 Å². The Labute approximate surface area is 86.2 Å². The zero-order chi connectivity index (χ0) is 9.14. The third-order valence-electron chi connectivity index (χ3n) is 1.81. The second kappa shape index (κ2) is 4.18. The number of aryl methyl sites for hydroxylation is 1. The summed E-state index contributed by atoms with van der Waals surface area (Å²) in [4.78, 5) is 4.17. The molecule has 3 heteroatoms. The molecule has 1 atom stereocenters. The molecular formula is C9H12INO. The van der Waals surface area contributed by atoms with Crippen LogP contribution in [-0.2, 0) is 0 Å². The van der Waals surface area contributed by atoms with Gasteiger partial charge in [-0.3, -0.25) is 0 Å². The molecule has 0 saturated carbocycles. The van der Waals surface area contributed by atoms with Crippen molar-refractivity contribution in [3.05, 3.63) is 27.1 Å². The summed E-state index contributed by atoms with van der Waals surface area (Å²) in [5, 5.41) is 9.50. The molecule has 0 unspecified atom stereocenters. The minimum absolute atomic E-state index is 0.367. The van der Waals surface area contributed by atoms with Gasteiger partial charge in [-0.2, -0.15) is 0 Å². The summed E-state index contributed by atoms with van der Waals surface area (Å²) in [5.41, 5.74) is 2.04. The van der Waals surface area contributed by atoms with E-state index in [2.05, 4.69) is 27.6 Å². The summed E-state index contributed by atoms with van der Waals surface area (Å²) in [6.45, 7) is 3.96. The van der Waals surface area contributed by atoms with Crippen LogP contribution in [0.15, 0.2) is 12.3 Å². The van der Waals surface area contributed by atoms with E-state index in [0.29, 0.717) is 0 Å². The standard InChI is InChI=1S/C9H12INO/c1-3-8(12)7-4-6(2)9(10)11-5-7/h4-5,8,12H,3H2,1-2H3/t8-/m0/s1. The summed E-state index contributed by atoms with van der Waals surface area (Å²) in [7, 11) is 0. The van der Waals surface area contributed by atoms with Gasteiger partial charge in [0.05, 0.1) is 6.10 Å². The Hall–Kier alpha value is -0.160. The van der Waals surface area contributed by atoms with E-state index in [9.17, 15) is 5.11 Å². The van der Waals surface area contributed by atoms with Gasteiger partial charge in [-0.25, -0.2) is 4.98 Å². The number of halogens is 1. The molecule has 0 radical (unpaired) electrons. The van der Waals surface area contributed by atoms with Gasteiger partial charge < -0.3 is 5.11 Å². The highest BCUT2D eigenvalue weighted by Crippen LogP contribution is 2.18. The number of nitrogens with zero attached hydrogens (tertiary/aromatic N) is 1. The Morgan fingerprint density at radius 2 is 2.33 bits per heavy atom. The van der Waals surface area contributed by atoms with Crippen LogP contribution in [-0.4, -0.2) is 10.1 Å². The van der Waals surface area contributed by atoms with Crippen LogP contribution < -0.4 is 0 Å². The monoisotopic (exact) mass is 277 g/mol. The van der Waals surface area contributed by atoms with Crippen LogP contribution in [0.5, 0.6) is 0 Å². The van der Waals surface area contributed by atoms with Crippen molar-refractivity contribution in [2.24, 2.45) is 0 Å². The maximum Gasteiger partial charge on any atom is 0.104 e. The van der Waals surface area contributed by atoms with E-state index in [0.717, 1.165) is 21.2 Å². The van der Waals surface area contributed by atoms with Gasteiger partial charge in [-0.1, -0.05) is 6.92 Å². The maximum atomic E-state index is 9.50. The fourth-order valence-corrected chi connectivity index (χ4v) is 1.29. The lowest BCUT2D eigenvalue weighted by Gasteiger charge is -2.08. The van der Waals surface area contributed by atoms with Crippen molar-refractivity contribution in [1.82, 2.24) is 4.98 Å². The number of pyridine rings is 1. The first-order valence-electron chi connectivity index (χ1n) is 3.95. The summed E-state index contributed by atoms with van der Waals surface area (Å²) in [6.07, 6.45) is 2.11. The van der Waals surface area contributed by atoms with E-state index in [1.165, 1.54) is 0 Å². The molecule has 1 rings (SSSR count). The van der Waals surface area contributed by atoms with Crippen LogP contribution in [0.4, 0.5) is 0 Å². The molecule has 1 N–H and O–H groups in total. The predicted octanol–water partition coefficient (Wildman–Crippen LogP) is 2.44. The average molecular weight is 277 g/mol. The molecule has 0 aliphatic heterocycles. The SMILES string of the molecule is CC[C@H](O)c1cnc(I)c(C)c1. The second-order valence-corrected chi connectivity index (χ2v) is 3.82. The largest absolute Gasteiger partial charge is 0.388 e. The highest BCUT2D eigenvalue weighted by Gasteiger charge is 2.06. The lowest BCUT2D eigenvalue weighted by atomic mass is 10.1. The first kappa shape index (κ1) is 9.92. The predicted molar refractivity (Wildman–Crippen MR) is 56.9 cm³/mol. The topological polar surface area (TPSA) is 33.1 Å². The molecule has 0 aromatic carbocycles. The Morgan fingerprint density at radius 1 is 1.67 bits per heavy atom. The Bertz CT molecular complexity index is 275. The fourth-order valence-electron chi connectivity index (χ4n) is 0.998. The van der Waals surface area contributed by atoms with Crippen molar-refractivity contribution in [2.45, 2.75) is 26.4 Å². The molecule has 2 nitrogen and oxygen atoms in total. The van der Waals surface area contributed by atoms with Gasteiger partial charge >= 0.3 is 0 Å². The molecule has 0 amide bonds. The van der Waals surface area contributed by atoms with Crippen LogP contribution >= 0.6 is 22.6 Å². The highest BCUT2D eigenvalue weighted by atomic mass is 127. The quantitative estimate of drug-likeness (QED) is 0.665. The van der Waals surface area contributed by atoms with Crippen molar-refractivity contribution >= 4 is 22.6 Å². The number of rotatable bonds is 2. The zero-order valence-electron chi connectivity index (χ0n) is 7.21. The number of hydrogen-bond acceptors (Lipinski definition) is 2. The van der Waals surface area contributed by atoms with Crippen molar-refractivity contribution in [1.29, 1.82) is 0 Å². The van der Waals surface area contributed by atoms with Crippen LogP contribution in [0.1, 0.15) is 30.6 Å². The van der Waals surface area contributed by atoms with E-state index in [1.807, 2.05) is 19.9 Å². The zero-order valence-corrected chi connectivity index (χ0v) is 9.37. The lowest BCUT2D eigenvalue weighted by Crippen LogP contribution is -1.98. The number of aliphatic hydroxyl groups excluding tert-OH is 1. The maximum absolute atomic E-state index is 9.50. The Morgan fingerprint density at radius 3 is 2.83 bits per heavy atom. The molecule has 66 valence electrons. The molecule has 0 aliphatic carbocycles. The Balaban J connectivity index is 2.96. The van der Waals surface area contributed by atoms with Gasteiger partial charge in [-0.05, 0) is 53.1 Å². The summed E-state index contributed by atoms with van der Waals surface area (Å²) < 4.78 is 1.000. The molecule has 12 heavy (non-hydrogen) atoms. The fraction of sp³-hybridized carbons (Fsp3) is 0.444. The van der Waals surface area contributed by atoms with Gasteiger partial charge in [0.1, 0.15) is 3.70 Å². The molecule has 0 bridgehead atoms. The van der Waals surface area contributed by atoms with Gasteiger partial charge in [0, 0.05) is 6.20 Å². The van der Waals surface area contributed by atoms with Gasteiger partial charge in [0.25, 0.3) is 0 Å². The van der Waals surface area contributed by atoms with Crippen LogP contribution in [0.3, 0.4) is 0 Å². The summed E-state index contributed by atoms with van der Waals surface area (Å²) in [5.74, 6) is 0. The number of hydrogen-bond donors (Lipinski definition) is 1.